The molecule has 7 heteroatoms. The summed E-state index contributed by atoms with van der Waals surface area (Å²) >= 11 is 1.69. The minimum absolute atomic E-state index is 0.0424. The fraction of sp³-hybridized carbons (Fsp3) is 0.727. The van der Waals surface area contributed by atoms with E-state index in [4.69, 9.17) is 4.43 Å². The topological polar surface area (TPSA) is 72.8 Å². The molecule has 0 saturated carbocycles. The van der Waals surface area contributed by atoms with Crippen LogP contribution in [0.2, 0.25) is 5.04 Å². The first-order valence-electron chi connectivity index (χ1n) is 10.0. The zero-order chi connectivity index (χ0) is 22.5. The Morgan fingerprint density at radius 1 is 1.17 bits per heavy atom. The van der Waals surface area contributed by atoms with E-state index in [1.807, 2.05) is 13.8 Å². The molecule has 1 rings (SSSR count). The van der Waals surface area contributed by atoms with Crippen molar-refractivity contribution in [1.29, 1.82) is 0 Å². The van der Waals surface area contributed by atoms with Gasteiger partial charge in [-0.1, -0.05) is 34.6 Å². The number of esters is 1. The summed E-state index contributed by atoms with van der Waals surface area (Å²) < 4.78 is 10.7. The van der Waals surface area contributed by atoms with Gasteiger partial charge in [0.1, 0.15) is 12.2 Å². The van der Waals surface area contributed by atoms with Crippen molar-refractivity contribution in [3.63, 3.8) is 0 Å². The second-order valence-corrected chi connectivity index (χ2v) is 12.5. The van der Waals surface area contributed by atoms with Crippen molar-refractivity contribution in [1.82, 2.24) is 0 Å². The summed E-state index contributed by atoms with van der Waals surface area (Å²) in [6, 6.07) is 4.16. The maximum absolute atomic E-state index is 12.2. The lowest BCUT2D eigenvalue weighted by Gasteiger charge is -2.31. The molecule has 0 fully saturated rings. The fourth-order valence-electron chi connectivity index (χ4n) is 2.72. The summed E-state index contributed by atoms with van der Waals surface area (Å²) in [6.07, 6.45) is 0.791. The molecule has 0 spiro atoms. The molecule has 0 aromatic carbocycles. The number of hydrogen-bond donors (Lipinski definition) is 1. The number of ketones is 1. The fourth-order valence-corrected chi connectivity index (χ4v) is 4.52. The summed E-state index contributed by atoms with van der Waals surface area (Å²) in [5, 5.41) is 11.2. The number of aryl methyl sites for hydroxylation is 1. The van der Waals surface area contributed by atoms with Crippen molar-refractivity contribution >= 4 is 32.9 Å². The zero-order valence-corrected chi connectivity index (χ0v) is 20.9. The highest BCUT2D eigenvalue weighted by Crippen LogP contribution is 2.35. The van der Waals surface area contributed by atoms with Gasteiger partial charge in [-0.2, -0.15) is 0 Å². The molecule has 0 amide bonds. The lowest BCUT2D eigenvalue weighted by atomic mass is 9.81. The largest absolute Gasteiger partial charge is 0.469 e. The Kier molecular flexibility index (Phi) is 9.27. The first-order chi connectivity index (χ1) is 13.2. The van der Waals surface area contributed by atoms with Crippen LogP contribution >= 0.6 is 11.3 Å². The third-order valence-corrected chi connectivity index (χ3v) is 7.49. The van der Waals surface area contributed by atoms with E-state index < -0.39 is 11.6 Å². The number of ether oxygens (including phenoxy) is 1. The van der Waals surface area contributed by atoms with Crippen LogP contribution in [0.1, 0.15) is 77.5 Å². The SMILES string of the molecule is COC(=O)CC(=O)CC(O)(CCc1ccc(C(C)(C)O[Si]C(C)(C)C)s1)C(C)C. The maximum atomic E-state index is 12.2. The molecule has 29 heavy (non-hydrogen) atoms. The van der Waals surface area contributed by atoms with Crippen LogP contribution in [-0.4, -0.2) is 39.3 Å². The third kappa shape index (κ3) is 8.70. The average Bonchev–Trinajstić information content (AvgIpc) is 3.07. The van der Waals surface area contributed by atoms with Gasteiger partial charge in [0.05, 0.1) is 18.3 Å². The molecule has 0 aliphatic rings. The molecular formula is C22H36O5SSi. The molecule has 0 bridgehead atoms. The number of aliphatic hydroxyl groups is 1. The smallest absolute Gasteiger partial charge is 0.313 e. The number of hydrogen-bond acceptors (Lipinski definition) is 6. The lowest BCUT2D eigenvalue weighted by Crippen LogP contribution is -2.38. The molecule has 1 aromatic rings. The van der Waals surface area contributed by atoms with Crippen molar-refractivity contribution in [2.45, 2.75) is 90.4 Å². The van der Waals surface area contributed by atoms with E-state index in [1.54, 1.807) is 11.3 Å². The van der Waals surface area contributed by atoms with Crippen LogP contribution in [0.25, 0.3) is 0 Å². The van der Waals surface area contributed by atoms with E-state index in [2.05, 4.69) is 51.5 Å². The van der Waals surface area contributed by atoms with E-state index in [0.717, 1.165) is 9.75 Å². The van der Waals surface area contributed by atoms with Crippen LogP contribution in [0.3, 0.4) is 0 Å². The second kappa shape index (κ2) is 10.3. The maximum Gasteiger partial charge on any atom is 0.313 e. The standard InChI is InChI=1S/C22H36O5SSi/c1-15(2)22(25,14-16(23)13-19(24)26-8)12-11-17-9-10-18(28-17)21(6,7)27-29-20(3,4)5/h9-10,15,25H,11-14H2,1-8H3. The molecule has 0 saturated heterocycles. The van der Waals surface area contributed by atoms with Crippen LogP contribution in [0, 0.1) is 5.92 Å². The lowest BCUT2D eigenvalue weighted by molar-refractivity contribution is -0.144. The summed E-state index contributed by atoms with van der Waals surface area (Å²) in [7, 11) is 1.66. The predicted octanol–water partition coefficient (Wildman–Crippen LogP) is 4.68. The third-order valence-electron chi connectivity index (χ3n) is 4.82. The van der Waals surface area contributed by atoms with Crippen molar-refractivity contribution in [2.24, 2.45) is 5.92 Å². The Bertz CT molecular complexity index is 690. The number of carbonyl (C=O) groups is 2. The second-order valence-electron chi connectivity index (χ2n) is 9.46. The Morgan fingerprint density at radius 2 is 1.79 bits per heavy atom. The molecular weight excluding hydrogens is 404 g/mol. The Hall–Kier alpha value is -1.02. The zero-order valence-electron chi connectivity index (χ0n) is 19.0. The highest BCUT2D eigenvalue weighted by molar-refractivity contribution is 7.12. The van der Waals surface area contributed by atoms with Crippen LogP contribution < -0.4 is 0 Å². The summed E-state index contributed by atoms with van der Waals surface area (Å²) in [6.45, 7) is 14.4. The van der Waals surface area contributed by atoms with Gasteiger partial charge in [-0.3, -0.25) is 9.59 Å². The number of Topliss-reactive ketones (excluding diaryl/α,β-unsaturated/α-hetero) is 1. The first-order valence-corrected chi connectivity index (χ1v) is 11.8. The average molecular weight is 441 g/mol. The monoisotopic (exact) mass is 440 g/mol. The van der Waals surface area contributed by atoms with E-state index in [9.17, 15) is 14.7 Å². The highest BCUT2D eigenvalue weighted by atomic mass is 32.1. The summed E-state index contributed by atoms with van der Waals surface area (Å²) in [5.74, 6) is -0.962. The first kappa shape index (κ1) is 26.0. The van der Waals surface area contributed by atoms with Crippen molar-refractivity contribution in [3.05, 3.63) is 21.9 Å². The van der Waals surface area contributed by atoms with Gasteiger partial charge >= 0.3 is 5.97 Å². The molecule has 0 aliphatic heterocycles. The van der Waals surface area contributed by atoms with Crippen LogP contribution in [-0.2, 0) is 30.8 Å². The number of thiophene rings is 1. The van der Waals surface area contributed by atoms with Gasteiger partial charge in [0.2, 0.25) is 9.76 Å². The predicted molar refractivity (Wildman–Crippen MR) is 118 cm³/mol. The highest BCUT2D eigenvalue weighted by Gasteiger charge is 2.34. The number of methoxy groups -OCH3 is 1. The van der Waals surface area contributed by atoms with Gasteiger partial charge in [0, 0.05) is 16.2 Å². The van der Waals surface area contributed by atoms with Gasteiger partial charge in [-0.25, -0.2) is 0 Å². The van der Waals surface area contributed by atoms with Crippen LogP contribution in [0.5, 0.6) is 0 Å². The molecule has 0 aliphatic carbocycles. The quantitative estimate of drug-likeness (QED) is 0.307. The normalized spacial score (nSPS) is 14.7. The molecule has 2 radical (unpaired) electrons. The molecule has 1 N–H and O–H groups in total. The van der Waals surface area contributed by atoms with Gasteiger partial charge in [0.15, 0.2) is 0 Å². The molecule has 5 nitrogen and oxygen atoms in total. The van der Waals surface area contributed by atoms with E-state index in [0.29, 0.717) is 22.6 Å². The van der Waals surface area contributed by atoms with Crippen molar-refractivity contribution in [3.8, 4) is 0 Å². The Labute approximate surface area is 182 Å². The van der Waals surface area contributed by atoms with E-state index >= 15 is 0 Å². The Balaban J connectivity index is 2.77. The molecule has 1 unspecified atom stereocenters. The van der Waals surface area contributed by atoms with Crippen LogP contribution in [0.15, 0.2) is 12.1 Å². The number of carbonyl (C=O) groups excluding carboxylic acids is 2. The van der Waals surface area contributed by atoms with Crippen LogP contribution in [0.4, 0.5) is 0 Å². The summed E-state index contributed by atoms with van der Waals surface area (Å²) in [5.41, 5.74) is -1.51. The molecule has 1 aromatic heterocycles. The van der Waals surface area contributed by atoms with Crippen molar-refractivity contribution in [2.75, 3.05) is 7.11 Å². The van der Waals surface area contributed by atoms with E-state index in [1.165, 1.54) is 7.11 Å². The molecule has 1 atom stereocenters. The van der Waals surface area contributed by atoms with Gasteiger partial charge in [0.25, 0.3) is 0 Å². The molecule has 164 valence electrons. The minimum Gasteiger partial charge on any atom is -0.469 e. The minimum atomic E-state index is -1.14. The number of rotatable bonds is 11. The Morgan fingerprint density at radius 3 is 2.31 bits per heavy atom. The summed E-state index contributed by atoms with van der Waals surface area (Å²) in [4.78, 5) is 25.8. The van der Waals surface area contributed by atoms with Gasteiger partial charge < -0.3 is 14.3 Å². The van der Waals surface area contributed by atoms with Crippen molar-refractivity contribution < 1.29 is 23.9 Å². The van der Waals surface area contributed by atoms with E-state index in [-0.39, 0.29) is 35.2 Å². The molecule has 1 heterocycles. The van der Waals surface area contributed by atoms with Gasteiger partial charge in [-0.15, -0.1) is 11.3 Å². The van der Waals surface area contributed by atoms with Gasteiger partial charge in [-0.05, 0) is 49.8 Å².